The number of rotatable bonds is 4. The Labute approximate surface area is 171 Å². The Morgan fingerprint density at radius 2 is 1.97 bits per heavy atom. The van der Waals surface area contributed by atoms with Crippen molar-refractivity contribution < 1.29 is 23.0 Å². The minimum Gasteiger partial charge on any atom is -0.436 e. The molecule has 0 radical (unpaired) electrons. The first-order valence-corrected chi connectivity index (χ1v) is 10.1. The van der Waals surface area contributed by atoms with Gasteiger partial charge in [-0.1, -0.05) is 0 Å². The fourth-order valence-electron chi connectivity index (χ4n) is 2.64. The van der Waals surface area contributed by atoms with E-state index in [-0.39, 0.29) is 5.88 Å². The van der Waals surface area contributed by atoms with Crippen LogP contribution < -0.4 is 4.74 Å². The molecule has 6 nitrogen and oxygen atoms in total. The number of aromatic nitrogens is 4. The molecule has 0 saturated carbocycles. The average Bonchev–Trinajstić information content (AvgIpc) is 3.30. The number of pyridine rings is 1. The minimum atomic E-state index is -4.52. The third-order valence-electron chi connectivity index (χ3n) is 4.08. The van der Waals surface area contributed by atoms with Crippen LogP contribution in [0.25, 0.3) is 20.1 Å². The summed E-state index contributed by atoms with van der Waals surface area (Å²) in [5, 5.41) is 16.4. The zero-order valence-corrected chi connectivity index (χ0v) is 17.1. The number of alkyl halides is 3. The van der Waals surface area contributed by atoms with Crippen molar-refractivity contribution in [2.75, 3.05) is 0 Å². The molecule has 0 amide bonds. The second-order valence-corrected chi connectivity index (χ2v) is 8.73. The van der Waals surface area contributed by atoms with E-state index in [1.807, 2.05) is 6.07 Å². The third kappa shape index (κ3) is 3.85. The number of thiazole rings is 1. The molecule has 0 unspecified atom stereocenters. The summed E-state index contributed by atoms with van der Waals surface area (Å²) in [6.07, 6.45) is -3.00. The van der Waals surface area contributed by atoms with Gasteiger partial charge in [-0.25, -0.2) is 4.98 Å². The van der Waals surface area contributed by atoms with Crippen molar-refractivity contribution in [3.63, 3.8) is 0 Å². The molecule has 0 aliphatic rings. The quantitative estimate of drug-likeness (QED) is 0.473. The fourth-order valence-corrected chi connectivity index (χ4v) is 4.75. The van der Waals surface area contributed by atoms with E-state index >= 15 is 0 Å². The maximum atomic E-state index is 13.0. The molecule has 4 heterocycles. The van der Waals surface area contributed by atoms with Crippen molar-refractivity contribution in [2.45, 2.75) is 25.6 Å². The van der Waals surface area contributed by atoms with Crippen molar-refractivity contribution in [3.05, 3.63) is 41.2 Å². The standard InChI is InChI=1S/C18H15F3N4O2S2/c1-17(2,26)12-8-28-16(23-12)11-6-9-15(29-11)10(4-5-22-9)27-14-7-13(18(19,20)21)25(3)24-14/h4-8,26H,1-3H3. The fraction of sp³-hybridized carbons (Fsp3) is 0.278. The van der Waals surface area contributed by atoms with E-state index < -0.39 is 17.5 Å². The number of nitrogens with zero attached hydrogens (tertiary/aromatic N) is 4. The Morgan fingerprint density at radius 1 is 1.21 bits per heavy atom. The summed E-state index contributed by atoms with van der Waals surface area (Å²) in [4.78, 5) is 9.59. The number of fused-ring (bicyclic) bond motifs is 1. The van der Waals surface area contributed by atoms with Crippen LogP contribution in [0.2, 0.25) is 0 Å². The topological polar surface area (TPSA) is 73.1 Å². The first kappa shape index (κ1) is 19.8. The summed E-state index contributed by atoms with van der Waals surface area (Å²) in [6.45, 7) is 3.32. The second-order valence-electron chi connectivity index (χ2n) is 6.82. The van der Waals surface area contributed by atoms with Crippen molar-refractivity contribution in [1.82, 2.24) is 19.7 Å². The van der Waals surface area contributed by atoms with Gasteiger partial charge in [-0.3, -0.25) is 9.67 Å². The first-order valence-electron chi connectivity index (χ1n) is 8.39. The number of halogens is 3. The molecular formula is C18H15F3N4O2S2. The van der Waals surface area contributed by atoms with E-state index in [9.17, 15) is 18.3 Å². The largest absolute Gasteiger partial charge is 0.436 e. The number of thiophene rings is 1. The molecule has 0 saturated heterocycles. The third-order valence-corrected chi connectivity index (χ3v) is 6.23. The summed E-state index contributed by atoms with van der Waals surface area (Å²) >= 11 is 2.75. The maximum Gasteiger partial charge on any atom is 0.433 e. The molecule has 0 aromatic carbocycles. The van der Waals surface area contributed by atoms with Gasteiger partial charge in [-0.2, -0.15) is 13.2 Å². The maximum absolute atomic E-state index is 13.0. The predicted octanol–water partition coefficient (Wildman–Crippen LogP) is 5.19. The molecule has 0 fully saturated rings. The van der Waals surface area contributed by atoms with Crippen LogP contribution in [0.4, 0.5) is 13.2 Å². The molecule has 0 aliphatic carbocycles. The molecule has 0 bridgehead atoms. The highest BCUT2D eigenvalue weighted by molar-refractivity contribution is 7.25. The number of hydrogen-bond donors (Lipinski definition) is 1. The van der Waals surface area contributed by atoms with Gasteiger partial charge >= 0.3 is 6.18 Å². The zero-order chi connectivity index (χ0) is 21.0. The van der Waals surface area contributed by atoms with Crippen LogP contribution >= 0.6 is 22.7 Å². The smallest absolute Gasteiger partial charge is 0.433 e. The van der Waals surface area contributed by atoms with Crippen molar-refractivity contribution in [2.24, 2.45) is 7.05 Å². The van der Waals surface area contributed by atoms with E-state index in [2.05, 4.69) is 15.1 Å². The lowest BCUT2D eigenvalue weighted by molar-refractivity contribution is -0.143. The average molecular weight is 440 g/mol. The highest BCUT2D eigenvalue weighted by Crippen LogP contribution is 2.41. The first-order chi connectivity index (χ1) is 13.5. The summed E-state index contributed by atoms with van der Waals surface area (Å²) in [6, 6.07) is 4.27. The SMILES string of the molecule is Cn1nc(Oc2ccnc3cc(-c4nc(C(C)(C)O)cs4)sc23)cc1C(F)(F)F. The monoisotopic (exact) mass is 440 g/mol. The summed E-state index contributed by atoms with van der Waals surface area (Å²) in [7, 11) is 1.21. The molecule has 4 rings (SSSR count). The molecule has 0 atom stereocenters. The number of aryl methyl sites for hydroxylation is 1. The molecule has 152 valence electrons. The lowest BCUT2D eigenvalue weighted by Crippen LogP contribution is -2.15. The van der Waals surface area contributed by atoms with E-state index in [1.54, 1.807) is 25.3 Å². The van der Waals surface area contributed by atoms with Gasteiger partial charge in [-0.15, -0.1) is 27.8 Å². The van der Waals surface area contributed by atoms with E-state index in [0.717, 1.165) is 15.6 Å². The molecule has 1 N–H and O–H groups in total. The van der Waals surface area contributed by atoms with E-state index in [4.69, 9.17) is 4.74 Å². The normalized spacial score (nSPS) is 12.7. The lowest BCUT2D eigenvalue weighted by Gasteiger charge is -2.12. The number of hydrogen-bond acceptors (Lipinski definition) is 7. The van der Waals surface area contributed by atoms with Crippen LogP contribution in [-0.2, 0) is 18.8 Å². The van der Waals surface area contributed by atoms with Gasteiger partial charge in [0, 0.05) is 30.8 Å². The van der Waals surface area contributed by atoms with Gasteiger partial charge in [0.1, 0.15) is 22.1 Å². The van der Waals surface area contributed by atoms with Crippen LogP contribution in [0.3, 0.4) is 0 Å². The molecular weight excluding hydrogens is 425 g/mol. The Kier molecular flexibility index (Phi) is 4.63. The molecule has 0 spiro atoms. The van der Waals surface area contributed by atoms with Crippen molar-refractivity contribution in [3.8, 4) is 21.5 Å². The van der Waals surface area contributed by atoms with Gasteiger partial charge in [0.05, 0.1) is 20.8 Å². The minimum absolute atomic E-state index is 0.152. The highest BCUT2D eigenvalue weighted by atomic mass is 32.1. The van der Waals surface area contributed by atoms with E-state index in [1.165, 1.54) is 35.9 Å². The highest BCUT2D eigenvalue weighted by Gasteiger charge is 2.35. The Morgan fingerprint density at radius 3 is 2.59 bits per heavy atom. The Hall–Kier alpha value is -2.50. The van der Waals surface area contributed by atoms with Crippen LogP contribution in [-0.4, -0.2) is 24.9 Å². The van der Waals surface area contributed by atoms with Crippen LogP contribution in [0.1, 0.15) is 25.2 Å². The van der Waals surface area contributed by atoms with E-state index in [0.29, 0.717) is 26.7 Å². The van der Waals surface area contributed by atoms with Crippen LogP contribution in [0.5, 0.6) is 11.6 Å². The van der Waals surface area contributed by atoms with Crippen molar-refractivity contribution in [1.29, 1.82) is 0 Å². The van der Waals surface area contributed by atoms with Gasteiger partial charge in [0.2, 0.25) is 5.88 Å². The summed E-state index contributed by atoms with van der Waals surface area (Å²) in [5.74, 6) is 0.207. The summed E-state index contributed by atoms with van der Waals surface area (Å²) in [5.41, 5.74) is -0.749. The second kappa shape index (κ2) is 6.78. The van der Waals surface area contributed by atoms with Crippen LogP contribution in [0.15, 0.2) is 29.8 Å². The molecule has 29 heavy (non-hydrogen) atoms. The lowest BCUT2D eigenvalue weighted by atomic mass is 10.1. The van der Waals surface area contributed by atoms with Crippen LogP contribution in [0, 0.1) is 0 Å². The Bertz CT molecular complexity index is 1190. The molecule has 4 aromatic heterocycles. The van der Waals surface area contributed by atoms with Gasteiger partial charge in [-0.05, 0) is 19.9 Å². The molecule has 11 heteroatoms. The van der Waals surface area contributed by atoms with Gasteiger partial charge < -0.3 is 9.84 Å². The molecule has 4 aromatic rings. The number of ether oxygens (including phenoxy) is 1. The van der Waals surface area contributed by atoms with Gasteiger partial charge in [0.15, 0.2) is 0 Å². The molecule has 0 aliphatic heterocycles. The van der Waals surface area contributed by atoms with Crippen molar-refractivity contribution >= 4 is 32.9 Å². The zero-order valence-electron chi connectivity index (χ0n) is 15.5. The summed E-state index contributed by atoms with van der Waals surface area (Å²) < 4.78 is 46.0. The Balaban J connectivity index is 1.70. The number of aliphatic hydroxyl groups is 1. The predicted molar refractivity (Wildman–Crippen MR) is 104 cm³/mol. The van der Waals surface area contributed by atoms with Gasteiger partial charge in [0.25, 0.3) is 0 Å².